The fourth-order valence-corrected chi connectivity index (χ4v) is 2.97. The number of anilines is 3. The van der Waals surface area contributed by atoms with Gasteiger partial charge in [-0.3, -0.25) is 14.6 Å². The quantitative estimate of drug-likeness (QED) is 0.798. The molecule has 2 aromatic rings. The molecule has 7 nitrogen and oxygen atoms in total. The van der Waals surface area contributed by atoms with Gasteiger partial charge in [0.2, 0.25) is 5.91 Å². The minimum absolute atomic E-state index is 0.0596. The van der Waals surface area contributed by atoms with Gasteiger partial charge in [0.1, 0.15) is 23.3 Å². The molecule has 29 heavy (non-hydrogen) atoms. The molecule has 1 aliphatic rings. The van der Waals surface area contributed by atoms with Gasteiger partial charge >= 0.3 is 0 Å². The van der Waals surface area contributed by atoms with Gasteiger partial charge in [-0.2, -0.15) is 5.10 Å². The second-order valence-corrected chi connectivity index (χ2v) is 6.63. The van der Waals surface area contributed by atoms with Crippen LogP contribution in [0.3, 0.4) is 0 Å². The number of hydrogen-bond acceptors (Lipinski definition) is 5. The van der Waals surface area contributed by atoms with Crippen molar-refractivity contribution in [3.63, 3.8) is 0 Å². The number of primary amides is 1. The second kappa shape index (κ2) is 7.82. The van der Waals surface area contributed by atoms with E-state index < -0.39 is 35.3 Å². The van der Waals surface area contributed by atoms with Crippen molar-refractivity contribution < 1.29 is 22.8 Å². The molecule has 10 heteroatoms. The van der Waals surface area contributed by atoms with Gasteiger partial charge in [-0.05, 0) is 36.4 Å². The first-order chi connectivity index (χ1) is 13.7. The molecule has 1 unspecified atom stereocenters. The number of benzene rings is 2. The summed E-state index contributed by atoms with van der Waals surface area (Å²) in [6.45, 7) is 0. The minimum Gasteiger partial charge on any atom is -0.373 e. The van der Waals surface area contributed by atoms with Crippen LogP contribution in [0.2, 0.25) is 0 Å². The highest BCUT2D eigenvalue weighted by atomic mass is 19.1. The normalized spacial score (nSPS) is 15.8. The first-order valence-electron chi connectivity index (χ1n) is 8.56. The second-order valence-electron chi connectivity index (χ2n) is 6.63. The van der Waals surface area contributed by atoms with E-state index in [1.807, 2.05) is 0 Å². The van der Waals surface area contributed by atoms with E-state index in [0.717, 1.165) is 12.1 Å². The van der Waals surface area contributed by atoms with Crippen molar-refractivity contribution in [1.82, 2.24) is 0 Å². The molecule has 0 spiro atoms. The summed E-state index contributed by atoms with van der Waals surface area (Å²) in [6, 6.07) is 6.15. The van der Waals surface area contributed by atoms with E-state index in [2.05, 4.69) is 10.4 Å². The summed E-state index contributed by atoms with van der Waals surface area (Å²) < 4.78 is 41.4. The fourth-order valence-electron chi connectivity index (χ4n) is 2.97. The third kappa shape index (κ3) is 4.15. The number of carbonyl (C=O) groups is 2. The number of nitrogens with one attached hydrogen (secondary N) is 1. The molecule has 0 saturated heterocycles. The molecule has 0 aromatic heterocycles. The largest absolute Gasteiger partial charge is 0.373 e. The van der Waals surface area contributed by atoms with Gasteiger partial charge in [-0.15, -0.1) is 0 Å². The molecule has 3 N–H and O–H groups in total. The predicted molar refractivity (Wildman–Crippen MR) is 103 cm³/mol. The highest BCUT2D eigenvalue weighted by molar-refractivity contribution is 6.44. The average molecular weight is 405 g/mol. The van der Waals surface area contributed by atoms with Gasteiger partial charge in [0, 0.05) is 26.2 Å². The third-order valence-corrected chi connectivity index (χ3v) is 4.31. The number of hydrazone groups is 1. The van der Waals surface area contributed by atoms with E-state index in [-0.39, 0.29) is 23.5 Å². The zero-order chi connectivity index (χ0) is 21.3. The van der Waals surface area contributed by atoms with Crippen molar-refractivity contribution in [1.29, 1.82) is 0 Å². The van der Waals surface area contributed by atoms with Crippen molar-refractivity contribution in [2.24, 2.45) is 10.8 Å². The summed E-state index contributed by atoms with van der Waals surface area (Å²) in [6.07, 6.45) is -0.112. The Morgan fingerprint density at radius 1 is 1.14 bits per heavy atom. The molecule has 0 aliphatic carbocycles. The van der Waals surface area contributed by atoms with E-state index in [1.54, 1.807) is 0 Å². The lowest BCUT2D eigenvalue weighted by Gasteiger charge is -2.20. The number of nitrogens with zero attached hydrogens (tertiary/aromatic N) is 3. The van der Waals surface area contributed by atoms with Crippen LogP contribution in [0.25, 0.3) is 0 Å². The maximum absolute atomic E-state index is 14.1. The Labute approximate surface area is 164 Å². The third-order valence-electron chi connectivity index (χ3n) is 4.31. The van der Waals surface area contributed by atoms with Crippen LogP contribution in [-0.2, 0) is 9.59 Å². The average Bonchev–Trinajstić information content (AvgIpc) is 3.07. The Morgan fingerprint density at radius 3 is 2.24 bits per heavy atom. The molecule has 0 saturated carbocycles. The van der Waals surface area contributed by atoms with Gasteiger partial charge in [-0.25, -0.2) is 13.2 Å². The minimum atomic E-state index is -0.953. The van der Waals surface area contributed by atoms with Crippen LogP contribution in [0.4, 0.5) is 30.2 Å². The molecule has 2 aromatic carbocycles. The standard InChI is InChI=1S/C19H18F3N5O2/c1-26(2)17-13(21)7-11(8-14(17)22)24-19(29)15-9-16(18(23)28)27(25-15)12-5-3-10(20)4-6-12/h3-8,16H,9H2,1-2H3,(H2,23,28)(H,24,29). The lowest BCUT2D eigenvalue weighted by molar-refractivity contribution is -0.119. The van der Waals surface area contributed by atoms with Gasteiger partial charge in [0.25, 0.3) is 5.91 Å². The Bertz CT molecular complexity index is 969. The molecule has 1 atom stereocenters. The number of carbonyl (C=O) groups excluding carboxylic acids is 2. The number of hydrogen-bond donors (Lipinski definition) is 2. The molecular weight excluding hydrogens is 387 g/mol. The molecule has 0 fully saturated rings. The first kappa shape index (κ1) is 20.2. The van der Waals surface area contributed by atoms with Crippen LogP contribution in [-0.4, -0.2) is 37.7 Å². The van der Waals surface area contributed by atoms with Gasteiger partial charge in [0.15, 0.2) is 11.6 Å². The SMILES string of the molecule is CN(C)c1c(F)cc(NC(=O)C2=NN(c3ccc(F)cc3)C(C(N)=O)C2)cc1F. The Kier molecular flexibility index (Phi) is 5.44. The summed E-state index contributed by atoms with van der Waals surface area (Å²) in [5, 5.41) is 7.68. The smallest absolute Gasteiger partial charge is 0.271 e. The number of rotatable bonds is 5. The number of halogens is 3. The topological polar surface area (TPSA) is 91.0 Å². The first-order valence-corrected chi connectivity index (χ1v) is 8.56. The van der Waals surface area contributed by atoms with E-state index in [9.17, 15) is 22.8 Å². The molecule has 3 rings (SSSR count). The Hall–Kier alpha value is -3.56. The number of amides is 2. The molecule has 1 heterocycles. The van der Waals surface area contributed by atoms with E-state index in [4.69, 9.17) is 5.73 Å². The van der Waals surface area contributed by atoms with Crippen LogP contribution < -0.4 is 21.0 Å². The zero-order valence-electron chi connectivity index (χ0n) is 15.6. The maximum Gasteiger partial charge on any atom is 0.271 e. The Balaban J connectivity index is 1.84. The maximum atomic E-state index is 14.1. The number of nitrogens with two attached hydrogens (primary N) is 1. The zero-order valence-corrected chi connectivity index (χ0v) is 15.6. The van der Waals surface area contributed by atoms with Crippen LogP contribution in [0.5, 0.6) is 0 Å². The highest BCUT2D eigenvalue weighted by Crippen LogP contribution is 2.27. The van der Waals surface area contributed by atoms with Gasteiger partial charge < -0.3 is 16.0 Å². The lowest BCUT2D eigenvalue weighted by Crippen LogP contribution is -2.39. The highest BCUT2D eigenvalue weighted by Gasteiger charge is 2.35. The lowest BCUT2D eigenvalue weighted by atomic mass is 10.1. The van der Waals surface area contributed by atoms with Crippen molar-refractivity contribution in [2.75, 3.05) is 29.3 Å². The predicted octanol–water partition coefficient (Wildman–Crippen LogP) is 2.23. The molecule has 1 aliphatic heterocycles. The summed E-state index contributed by atoms with van der Waals surface area (Å²) in [5.41, 5.74) is 5.36. The molecule has 0 bridgehead atoms. The van der Waals surface area contributed by atoms with Crippen molar-refractivity contribution >= 4 is 34.6 Å². The van der Waals surface area contributed by atoms with Crippen LogP contribution in [0.1, 0.15) is 6.42 Å². The van der Waals surface area contributed by atoms with E-state index >= 15 is 0 Å². The van der Waals surface area contributed by atoms with Crippen LogP contribution in [0.15, 0.2) is 41.5 Å². The van der Waals surface area contributed by atoms with Crippen molar-refractivity contribution in [3.8, 4) is 0 Å². The molecule has 2 amide bonds. The monoisotopic (exact) mass is 405 g/mol. The van der Waals surface area contributed by atoms with Gasteiger partial charge in [0.05, 0.1) is 5.69 Å². The fraction of sp³-hybridized carbons (Fsp3) is 0.211. The van der Waals surface area contributed by atoms with Crippen LogP contribution in [0, 0.1) is 17.5 Å². The van der Waals surface area contributed by atoms with Gasteiger partial charge in [-0.1, -0.05) is 0 Å². The summed E-state index contributed by atoms with van der Waals surface area (Å²) in [4.78, 5) is 25.6. The van der Waals surface area contributed by atoms with Crippen molar-refractivity contribution in [2.45, 2.75) is 12.5 Å². The van der Waals surface area contributed by atoms with E-state index in [1.165, 1.54) is 48.3 Å². The summed E-state index contributed by atoms with van der Waals surface area (Å²) in [7, 11) is 2.97. The molecule has 0 radical (unpaired) electrons. The Morgan fingerprint density at radius 2 is 1.72 bits per heavy atom. The summed E-state index contributed by atoms with van der Waals surface area (Å²) >= 11 is 0. The van der Waals surface area contributed by atoms with E-state index in [0.29, 0.717) is 5.69 Å². The molecule has 152 valence electrons. The van der Waals surface area contributed by atoms with Crippen LogP contribution >= 0.6 is 0 Å². The van der Waals surface area contributed by atoms with Crippen molar-refractivity contribution in [3.05, 3.63) is 53.8 Å². The summed E-state index contributed by atoms with van der Waals surface area (Å²) in [5.74, 6) is -3.63. The molecular formula is C19H18F3N5O2.